The molecule has 242 valence electrons. The summed E-state index contributed by atoms with van der Waals surface area (Å²) in [5.74, 6) is 0.693. The molecule has 0 N–H and O–H groups in total. The first kappa shape index (κ1) is 28.2. The second-order valence-electron chi connectivity index (χ2n) is 14.9. The Morgan fingerprint density at radius 1 is 0.423 bits per heavy atom. The van der Waals surface area contributed by atoms with Gasteiger partial charge in [-0.2, -0.15) is 0 Å². The van der Waals surface area contributed by atoms with Crippen molar-refractivity contribution in [3.8, 4) is 50.7 Å². The lowest BCUT2D eigenvalue weighted by molar-refractivity contribution is 0.657. The maximum absolute atomic E-state index is 5.71. The Hall–Kier alpha value is -6.58. The molecule has 3 nitrogen and oxygen atoms in total. The highest BCUT2D eigenvalue weighted by molar-refractivity contribution is 6.30. The number of aromatic nitrogens is 3. The van der Waals surface area contributed by atoms with Gasteiger partial charge in [0, 0.05) is 32.9 Å². The predicted octanol–water partition coefficient (Wildman–Crippen LogP) is 12.7. The number of rotatable bonds is 2. The molecule has 0 unspecified atom stereocenters. The second kappa shape index (κ2) is 9.80. The molecule has 2 aromatic heterocycles. The lowest BCUT2D eigenvalue weighted by Gasteiger charge is -2.24. The summed E-state index contributed by atoms with van der Waals surface area (Å²) in [6.07, 6.45) is 0. The molecule has 10 aromatic rings. The van der Waals surface area contributed by atoms with Gasteiger partial charge in [-0.15, -0.1) is 0 Å². The Morgan fingerprint density at radius 2 is 1.00 bits per heavy atom. The van der Waals surface area contributed by atoms with Gasteiger partial charge < -0.3 is 0 Å². The molecule has 3 heteroatoms. The third-order valence-electron chi connectivity index (χ3n) is 11.9. The zero-order valence-electron chi connectivity index (χ0n) is 28.8. The molecule has 0 saturated carbocycles. The third-order valence-corrected chi connectivity index (χ3v) is 11.9. The standard InChI is InChI=1S/C49H31N3/c1-49(2)40-24-10-9-20-36(40)47-45(49)46(35-22-11-16-28-13-5-6-17-31(28)35)50-48(51-47)52-41-26-30-15-4-3-14-29(30)25-39(41)44-37-23-12-21-34-32-18-7-8-19-33(32)38(43(34)37)27-42(44)52/h3-27H,1-2H3. The Balaban J connectivity index is 1.28. The minimum Gasteiger partial charge on any atom is -0.278 e. The summed E-state index contributed by atoms with van der Waals surface area (Å²) in [6.45, 7) is 4.65. The molecule has 2 heterocycles. The number of hydrogen-bond acceptors (Lipinski definition) is 2. The SMILES string of the molecule is CC1(C)c2ccccc2-c2nc(-n3c4cc5ccccc5cc4c4c5cccc6c5c(cc43)-c3ccccc3-6)nc(-c3cccc4ccccc34)c21. The molecule has 0 bridgehead atoms. The minimum atomic E-state index is -0.282. The Bertz CT molecular complexity index is 3210. The van der Waals surface area contributed by atoms with Gasteiger partial charge in [0.2, 0.25) is 5.95 Å². The van der Waals surface area contributed by atoms with Crippen molar-refractivity contribution in [1.82, 2.24) is 14.5 Å². The molecule has 0 saturated heterocycles. The fourth-order valence-corrected chi connectivity index (χ4v) is 9.61. The van der Waals surface area contributed by atoms with E-state index in [0.29, 0.717) is 5.95 Å². The lowest BCUT2D eigenvalue weighted by atomic mass is 9.80. The summed E-state index contributed by atoms with van der Waals surface area (Å²) < 4.78 is 2.35. The minimum absolute atomic E-state index is 0.282. The largest absolute Gasteiger partial charge is 0.278 e. The summed E-state index contributed by atoms with van der Waals surface area (Å²) in [7, 11) is 0. The van der Waals surface area contributed by atoms with Crippen molar-refractivity contribution in [3.63, 3.8) is 0 Å². The number of fused-ring (bicyclic) bond motifs is 12. The molecule has 0 radical (unpaired) electrons. The number of nitrogens with zero attached hydrogens (tertiary/aromatic N) is 3. The average Bonchev–Trinajstić information content (AvgIpc) is 3.77. The first-order chi connectivity index (χ1) is 25.6. The molecule has 52 heavy (non-hydrogen) atoms. The van der Waals surface area contributed by atoms with Crippen molar-refractivity contribution >= 4 is 54.1 Å². The molecule has 0 fully saturated rings. The van der Waals surface area contributed by atoms with E-state index in [1.807, 2.05) is 0 Å². The normalized spacial score (nSPS) is 13.7. The summed E-state index contributed by atoms with van der Waals surface area (Å²) in [5, 5.41) is 9.86. The van der Waals surface area contributed by atoms with E-state index in [9.17, 15) is 0 Å². The van der Waals surface area contributed by atoms with Crippen LogP contribution in [0.3, 0.4) is 0 Å². The van der Waals surface area contributed by atoms with Crippen LogP contribution in [0.5, 0.6) is 0 Å². The average molecular weight is 662 g/mol. The van der Waals surface area contributed by atoms with Crippen LogP contribution in [0.15, 0.2) is 152 Å². The number of hydrogen-bond donors (Lipinski definition) is 0. The van der Waals surface area contributed by atoms with Crippen molar-refractivity contribution in [2.45, 2.75) is 19.3 Å². The molecule has 12 rings (SSSR count). The van der Waals surface area contributed by atoms with E-state index in [2.05, 4.69) is 170 Å². The van der Waals surface area contributed by atoms with Crippen LogP contribution in [0, 0.1) is 0 Å². The van der Waals surface area contributed by atoms with E-state index in [-0.39, 0.29) is 5.41 Å². The van der Waals surface area contributed by atoms with E-state index < -0.39 is 0 Å². The van der Waals surface area contributed by atoms with Gasteiger partial charge in [0.25, 0.3) is 0 Å². The van der Waals surface area contributed by atoms with Gasteiger partial charge in [0.15, 0.2) is 0 Å². The van der Waals surface area contributed by atoms with E-state index in [0.717, 1.165) is 28.0 Å². The van der Waals surface area contributed by atoms with Gasteiger partial charge in [-0.1, -0.05) is 147 Å². The summed E-state index contributed by atoms with van der Waals surface area (Å²) in [5.41, 5.74) is 13.9. The van der Waals surface area contributed by atoms with Crippen molar-refractivity contribution in [2.24, 2.45) is 0 Å². The highest BCUT2D eigenvalue weighted by atomic mass is 15.2. The summed E-state index contributed by atoms with van der Waals surface area (Å²) in [6, 6.07) is 55.5. The molecule has 0 spiro atoms. The third kappa shape index (κ3) is 3.50. The molecule has 8 aromatic carbocycles. The molecular formula is C49H31N3. The Morgan fingerprint density at radius 3 is 1.83 bits per heavy atom. The Labute approximate surface area is 300 Å². The molecule has 0 atom stereocenters. The van der Waals surface area contributed by atoms with Crippen LogP contribution in [-0.2, 0) is 5.41 Å². The van der Waals surface area contributed by atoms with Crippen LogP contribution in [0.25, 0.3) is 105 Å². The smallest absolute Gasteiger partial charge is 0.235 e. The maximum atomic E-state index is 5.71. The Kier molecular flexibility index (Phi) is 5.31. The summed E-state index contributed by atoms with van der Waals surface area (Å²) >= 11 is 0. The molecule has 0 amide bonds. The fourth-order valence-electron chi connectivity index (χ4n) is 9.61. The van der Waals surface area contributed by atoms with E-state index in [1.165, 1.54) is 82.0 Å². The highest BCUT2D eigenvalue weighted by Crippen LogP contribution is 2.54. The zero-order valence-corrected chi connectivity index (χ0v) is 28.8. The van der Waals surface area contributed by atoms with Crippen molar-refractivity contribution in [3.05, 3.63) is 163 Å². The van der Waals surface area contributed by atoms with Crippen molar-refractivity contribution in [1.29, 1.82) is 0 Å². The van der Waals surface area contributed by atoms with Crippen LogP contribution in [-0.4, -0.2) is 14.5 Å². The van der Waals surface area contributed by atoms with E-state index in [4.69, 9.17) is 9.97 Å². The number of benzene rings is 8. The zero-order chi connectivity index (χ0) is 34.3. The van der Waals surface area contributed by atoms with Crippen LogP contribution in [0.1, 0.15) is 25.0 Å². The van der Waals surface area contributed by atoms with Crippen molar-refractivity contribution < 1.29 is 0 Å². The topological polar surface area (TPSA) is 30.7 Å². The van der Waals surface area contributed by atoms with Gasteiger partial charge in [0.05, 0.1) is 22.4 Å². The van der Waals surface area contributed by atoms with Gasteiger partial charge in [-0.25, -0.2) is 9.97 Å². The quantitative estimate of drug-likeness (QED) is 0.185. The van der Waals surface area contributed by atoms with Gasteiger partial charge in [-0.05, 0) is 78.3 Å². The van der Waals surface area contributed by atoms with Crippen LogP contribution < -0.4 is 0 Å². The predicted molar refractivity (Wildman–Crippen MR) is 216 cm³/mol. The van der Waals surface area contributed by atoms with Gasteiger partial charge in [-0.3, -0.25) is 4.57 Å². The summed E-state index contributed by atoms with van der Waals surface area (Å²) in [4.78, 5) is 11.3. The lowest BCUT2D eigenvalue weighted by Crippen LogP contribution is -2.18. The molecule has 2 aliphatic rings. The van der Waals surface area contributed by atoms with Gasteiger partial charge >= 0.3 is 0 Å². The maximum Gasteiger partial charge on any atom is 0.235 e. The first-order valence-corrected chi connectivity index (χ1v) is 18.1. The first-order valence-electron chi connectivity index (χ1n) is 18.1. The second-order valence-corrected chi connectivity index (χ2v) is 14.9. The van der Waals surface area contributed by atoms with Gasteiger partial charge in [0.1, 0.15) is 0 Å². The van der Waals surface area contributed by atoms with E-state index >= 15 is 0 Å². The highest BCUT2D eigenvalue weighted by Gasteiger charge is 2.40. The molecule has 0 aliphatic heterocycles. The van der Waals surface area contributed by atoms with Crippen LogP contribution in [0.2, 0.25) is 0 Å². The fraction of sp³-hybridized carbons (Fsp3) is 0.0612. The van der Waals surface area contributed by atoms with E-state index in [1.54, 1.807) is 0 Å². The monoisotopic (exact) mass is 661 g/mol. The van der Waals surface area contributed by atoms with Crippen LogP contribution >= 0.6 is 0 Å². The molecular weight excluding hydrogens is 631 g/mol. The van der Waals surface area contributed by atoms with Crippen molar-refractivity contribution in [2.75, 3.05) is 0 Å². The van der Waals surface area contributed by atoms with Crippen LogP contribution in [0.4, 0.5) is 0 Å². The molecule has 2 aliphatic carbocycles.